The van der Waals surface area contributed by atoms with Crippen LogP contribution in [0.5, 0.6) is 0 Å². The topological polar surface area (TPSA) is 105 Å². The van der Waals surface area contributed by atoms with Crippen LogP contribution >= 0.6 is 0 Å². The molecule has 0 heterocycles. The second kappa shape index (κ2) is 10.2. The minimum atomic E-state index is -1.11. The molecule has 0 aliphatic heterocycles. The third kappa shape index (κ3) is 8.45. The van der Waals surface area contributed by atoms with Gasteiger partial charge in [0.25, 0.3) is 0 Å². The number of carboxylic acids is 1. The van der Waals surface area contributed by atoms with E-state index in [9.17, 15) is 14.4 Å². The summed E-state index contributed by atoms with van der Waals surface area (Å²) in [6.07, 6.45) is 0.721. The molecule has 1 aromatic carbocycles. The normalized spacial score (nSPS) is 11.3. The molecule has 0 aliphatic rings. The molecule has 7 nitrogen and oxygen atoms in total. The average molecular weight is 322 g/mol. The Morgan fingerprint density at radius 2 is 1.87 bits per heavy atom. The van der Waals surface area contributed by atoms with E-state index in [1.165, 1.54) is 6.92 Å². The van der Waals surface area contributed by atoms with E-state index in [-0.39, 0.29) is 18.9 Å². The van der Waals surface area contributed by atoms with Gasteiger partial charge < -0.3 is 20.5 Å². The Morgan fingerprint density at radius 1 is 1.17 bits per heavy atom. The summed E-state index contributed by atoms with van der Waals surface area (Å²) in [6.45, 7) is 1.99. The lowest BCUT2D eigenvalue weighted by Crippen LogP contribution is -2.41. The first-order valence-corrected chi connectivity index (χ1v) is 7.43. The number of ether oxygens (including phenoxy) is 1. The fraction of sp³-hybridized carbons (Fsp3) is 0.438. The van der Waals surface area contributed by atoms with E-state index in [1.807, 2.05) is 30.3 Å². The van der Waals surface area contributed by atoms with Gasteiger partial charge in [0.1, 0.15) is 12.6 Å². The van der Waals surface area contributed by atoms with Crippen molar-refractivity contribution >= 4 is 18.0 Å². The SMILES string of the molecule is CC(=O)NCCCC[C@H](NC(=O)OCc1ccccc1)C(=O)O. The average Bonchev–Trinajstić information content (AvgIpc) is 2.52. The van der Waals surface area contributed by atoms with Crippen molar-refractivity contribution in [3.8, 4) is 0 Å². The summed E-state index contributed by atoms with van der Waals surface area (Å²) in [7, 11) is 0. The van der Waals surface area contributed by atoms with E-state index in [2.05, 4.69) is 10.6 Å². The molecule has 7 heteroatoms. The standard InChI is InChI=1S/C16H22N2O5/c1-12(19)17-10-6-5-9-14(15(20)21)18-16(22)23-11-13-7-3-2-4-8-13/h2-4,7-8,14H,5-6,9-11H2,1H3,(H,17,19)(H,18,22)(H,20,21)/t14-/m0/s1. The van der Waals surface area contributed by atoms with Gasteiger partial charge in [-0.05, 0) is 24.8 Å². The maximum Gasteiger partial charge on any atom is 0.408 e. The fourth-order valence-corrected chi connectivity index (χ4v) is 1.90. The van der Waals surface area contributed by atoms with Crippen molar-refractivity contribution in [3.63, 3.8) is 0 Å². The molecule has 0 saturated heterocycles. The van der Waals surface area contributed by atoms with Crippen molar-refractivity contribution in [2.45, 2.75) is 38.8 Å². The van der Waals surface area contributed by atoms with Crippen molar-refractivity contribution in [1.82, 2.24) is 10.6 Å². The number of carbonyl (C=O) groups is 3. The summed E-state index contributed by atoms with van der Waals surface area (Å²) in [4.78, 5) is 33.5. The zero-order valence-electron chi connectivity index (χ0n) is 13.1. The van der Waals surface area contributed by atoms with E-state index >= 15 is 0 Å². The predicted octanol–water partition coefficient (Wildman–Crippen LogP) is 1.67. The number of benzene rings is 1. The predicted molar refractivity (Wildman–Crippen MR) is 83.7 cm³/mol. The quantitative estimate of drug-likeness (QED) is 0.600. The van der Waals surface area contributed by atoms with Crippen LogP contribution in [0.3, 0.4) is 0 Å². The van der Waals surface area contributed by atoms with Crippen LogP contribution in [0, 0.1) is 0 Å². The van der Waals surface area contributed by atoms with Gasteiger partial charge in [-0.15, -0.1) is 0 Å². The first-order valence-electron chi connectivity index (χ1n) is 7.43. The minimum absolute atomic E-state index is 0.0849. The van der Waals surface area contributed by atoms with Gasteiger partial charge in [-0.1, -0.05) is 30.3 Å². The van der Waals surface area contributed by atoms with Crippen LogP contribution in [-0.4, -0.2) is 35.7 Å². The molecule has 0 bridgehead atoms. The molecule has 0 aliphatic carbocycles. The van der Waals surface area contributed by atoms with Gasteiger partial charge in [0.15, 0.2) is 0 Å². The summed E-state index contributed by atoms with van der Waals surface area (Å²) >= 11 is 0. The summed E-state index contributed by atoms with van der Waals surface area (Å²) in [5.41, 5.74) is 0.824. The van der Waals surface area contributed by atoms with Gasteiger partial charge in [-0.25, -0.2) is 9.59 Å². The molecule has 3 N–H and O–H groups in total. The van der Waals surface area contributed by atoms with Crippen molar-refractivity contribution in [3.05, 3.63) is 35.9 Å². The highest BCUT2D eigenvalue weighted by Gasteiger charge is 2.20. The Morgan fingerprint density at radius 3 is 2.48 bits per heavy atom. The van der Waals surface area contributed by atoms with Crippen LogP contribution in [0.15, 0.2) is 30.3 Å². The van der Waals surface area contributed by atoms with Gasteiger partial charge in [0.2, 0.25) is 5.91 Å². The van der Waals surface area contributed by atoms with Crippen LogP contribution in [0.4, 0.5) is 4.79 Å². The van der Waals surface area contributed by atoms with E-state index in [0.717, 1.165) is 5.56 Å². The number of hydrogen-bond acceptors (Lipinski definition) is 4. The second-order valence-electron chi connectivity index (χ2n) is 5.08. The maximum atomic E-state index is 11.7. The minimum Gasteiger partial charge on any atom is -0.480 e. The third-order valence-corrected chi connectivity index (χ3v) is 3.10. The number of rotatable bonds is 9. The van der Waals surface area contributed by atoms with E-state index in [1.54, 1.807) is 0 Å². The molecule has 0 fully saturated rings. The van der Waals surface area contributed by atoms with Crippen molar-refractivity contribution in [1.29, 1.82) is 0 Å². The van der Waals surface area contributed by atoms with Gasteiger partial charge >= 0.3 is 12.1 Å². The molecular weight excluding hydrogens is 300 g/mol. The van der Waals surface area contributed by atoms with Gasteiger partial charge in [-0.2, -0.15) is 0 Å². The molecule has 0 radical (unpaired) electrons. The van der Waals surface area contributed by atoms with Crippen LogP contribution < -0.4 is 10.6 Å². The van der Waals surface area contributed by atoms with Crippen LogP contribution in [-0.2, 0) is 20.9 Å². The van der Waals surface area contributed by atoms with Gasteiger partial charge in [0, 0.05) is 13.5 Å². The van der Waals surface area contributed by atoms with Crippen LogP contribution in [0.25, 0.3) is 0 Å². The number of carbonyl (C=O) groups excluding carboxylic acids is 2. The first-order chi connectivity index (χ1) is 11.0. The summed E-state index contributed by atoms with van der Waals surface area (Å²) in [5, 5.41) is 14.1. The summed E-state index contributed by atoms with van der Waals surface area (Å²) in [6, 6.07) is 8.12. The lowest BCUT2D eigenvalue weighted by atomic mass is 10.1. The Kier molecular flexibility index (Phi) is 8.20. The molecule has 0 spiro atoms. The van der Waals surface area contributed by atoms with Crippen LogP contribution in [0.2, 0.25) is 0 Å². The number of alkyl carbamates (subject to hydrolysis) is 1. The van der Waals surface area contributed by atoms with E-state index in [4.69, 9.17) is 9.84 Å². The fourth-order valence-electron chi connectivity index (χ4n) is 1.90. The Hall–Kier alpha value is -2.57. The summed E-state index contributed by atoms with van der Waals surface area (Å²) in [5.74, 6) is -1.23. The molecule has 2 amide bonds. The molecule has 0 saturated carbocycles. The largest absolute Gasteiger partial charge is 0.480 e. The van der Waals surface area contributed by atoms with E-state index < -0.39 is 18.1 Å². The molecule has 1 rings (SSSR count). The molecule has 1 atom stereocenters. The Balaban J connectivity index is 2.29. The first kappa shape index (κ1) is 18.5. The van der Waals surface area contributed by atoms with Crippen LogP contribution in [0.1, 0.15) is 31.7 Å². The van der Waals surface area contributed by atoms with Crippen molar-refractivity contribution in [2.75, 3.05) is 6.54 Å². The molecule has 23 heavy (non-hydrogen) atoms. The maximum absolute atomic E-state index is 11.7. The monoisotopic (exact) mass is 322 g/mol. The van der Waals surface area contributed by atoms with Crippen molar-refractivity contribution in [2.24, 2.45) is 0 Å². The number of carboxylic acid groups (broad SMARTS) is 1. The highest BCUT2D eigenvalue weighted by Crippen LogP contribution is 2.04. The molecule has 0 unspecified atom stereocenters. The molecule has 126 valence electrons. The zero-order chi connectivity index (χ0) is 17.1. The summed E-state index contributed by atoms with van der Waals surface area (Å²) < 4.78 is 5.00. The van der Waals surface area contributed by atoms with E-state index in [0.29, 0.717) is 19.4 Å². The Bertz CT molecular complexity index is 518. The lowest BCUT2D eigenvalue weighted by molar-refractivity contribution is -0.139. The van der Waals surface area contributed by atoms with Gasteiger partial charge in [0.05, 0.1) is 0 Å². The molecule has 1 aromatic rings. The van der Waals surface area contributed by atoms with Gasteiger partial charge in [-0.3, -0.25) is 4.79 Å². The molecule has 0 aromatic heterocycles. The zero-order valence-corrected chi connectivity index (χ0v) is 13.1. The van der Waals surface area contributed by atoms with Crippen molar-refractivity contribution < 1.29 is 24.2 Å². The number of unbranched alkanes of at least 4 members (excludes halogenated alkanes) is 1. The third-order valence-electron chi connectivity index (χ3n) is 3.10. The number of hydrogen-bond donors (Lipinski definition) is 3. The number of nitrogens with one attached hydrogen (secondary N) is 2. The lowest BCUT2D eigenvalue weighted by Gasteiger charge is -2.14. The highest BCUT2D eigenvalue weighted by atomic mass is 16.5. The number of amides is 2. The highest BCUT2D eigenvalue weighted by molar-refractivity contribution is 5.79. The Labute approximate surface area is 135 Å². The smallest absolute Gasteiger partial charge is 0.408 e. The molecular formula is C16H22N2O5. The second-order valence-corrected chi connectivity index (χ2v) is 5.08. The number of aliphatic carboxylic acids is 1.